The van der Waals surface area contributed by atoms with E-state index in [1.54, 1.807) is 19.1 Å². The van der Waals surface area contributed by atoms with Crippen molar-refractivity contribution >= 4 is 11.9 Å². The van der Waals surface area contributed by atoms with E-state index in [-0.39, 0.29) is 29.4 Å². The number of alkyl halides is 2. The molecule has 6 nitrogen and oxygen atoms in total. The van der Waals surface area contributed by atoms with Gasteiger partial charge in [0.25, 0.3) is 5.91 Å². The lowest BCUT2D eigenvalue weighted by Crippen LogP contribution is -2.28. The van der Waals surface area contributed by atoms with Crippen LogP contribution in [0.2, 0.25) is 0 Å². The molecule has 0 bridgehead atoms. The lowest BCUT2D eigenvalue weighted by Gasteiger charge is -2.11. The summed E-state index contributed by atoms with van der Waals surface area (Å²) in [5, 5.41) is 2.49. The van der Waals surface area contributed by atoms with Crippen molar-refractivity contribution in [3.05, 3.63) is 58.9 Å². The molecule has 0 aliphatic heterocycles. The van der Waals surface area contributed by atoms with Crippen molar-refractivity contribution in [2.75, 3.05) is 13.7 Å². The first-order chi connectivity index (χ1) is 13.3. The molecule has 9 heteroatoms. The first-order valence-corrected chi connectivity index (χ1v) is 8.12. The molecule has 0 spiro atoms. The van der Waals surface area contributed by atoms with Crippen LogP contribution in [0.3, 0.4) is 0 Å². The Morgan fingerprint density at radius 1 is 1.11 bits per heavy atom. The van der Waals surface area contributed by atoms with Crippen molar-refractivity contribution in [3.63, 3.8) is 0 Å². The number of halogens is 3. The quantitative estimate of drug-likeness (QED) is 0.693. The fraction of sp³-hybridized carbons (Fsp3) is 0.263. The lowest BCUT2D eigenvalue weighted by atomic mass is 10.1. The average Bonchev–Trinajstić information content (AvgIpc) is 2.66. The fourth-order valence-corrected chi connectivity index (χ4v) is 2.20. The maximum Gasteiger partial charge on any atom is 0.387 e. The van der Waals surface area contributed by atoms with E-state index in [0.717, 1.165) is 12.1 Å². The van der Waals surface area contributed by atoms with Crippen LogP contribution in [0.1, 0.15) is 21.5 Å². The number of hydrogen-bond acceptors (Lipinski definition) is 5. The van der Waals surface area contributed by atoms with Crippen LogP contribution in [0.15, 0.2) is 36.4 Å². The van der Waals surface area contributed by atoms with E-state index in [4.69, 9.17) is 9.47 Å². The summed E-state index contributed by atoms with van der Waals surface area (Å²) < 4.78 is 52.1. The van der Waals surface area contributed by atoms with Crippen molar-refractivity contribution in [1.29, 1.82) is 0 Å². The highest BCUT2D eigenvalue weighted by Crippen LogP contribution is 2.29. The zero-order chi connectivity index (χ0) is 20.7. The van der Waals surface area contributed by atoms with E-state index >= 15 is 0 Å². The molecule has 0 aliphatic rings. The predicted molar refractivity (Wildman–Crippen MR) is 92.9 cm³/mol. The number of rotatable bonds is 8. The second kappa shape index (κ2) is 9.63. The van der Waals surface area contributed by atoms with Crippen LogP contribution in [-0.2, 0) is 16.1 Å². The maximum atomic E-state index is 13.5. The van der Waals surface area contributed by atoms with Gasteiger partial charge in [-0.05, 0) is 42.3 Å². The highest BCUT2D eigenvalue weighted by atomic mass is 19.3. The van der Waals surface area contributed by atoms with Gasteiger partial charge in [-0.1, -0.05) is 12.1 Å². The van der Waals surface area contributed by atoms with E-state index in [2.05, 4.69) is 10.1 Å². The molecule has 0 heterocycles. The maximum absolute atomic E-state index is 13.5. The molecule has 2 aromatic carbocycles. The largest absolute Gasteiger partial charge is 0.493 e. The third-order valence-corrected chi connectivity index (χ3v) is 3.68. The Balaban J connectivity index is 1.88. The number of nitrogens with one attached hydrogen (secondary N) is 1. The summed E-state index contributed by atoms with van der Waals surface area (Å²) in [5.74, 6) is -2.14. The van der Waals surface area contributed by atoms with Gasteiger partial charge in [0.05, 0.1) is 12.7 Å². The first-order valence-electron chi connectivity index (χ1n) is 8.12. The molecular formula is C19H18F3NO5. The number of carbonyl (C=O) groups is 2. The van der Waals surface area contributed by atoms with Crippen LogP contribution in [0.4, 0.5) is 13.2 Å². The minimum Gasteiger partial charge on any atom is -0.493 e. The summed E-state index contributed by atoms with van der Waals surface area (Å²) in [4.78, 5) is 23.8. The first kappa shape index (κ1) is 21.1. The third-order valence-electron chi connectivity index (χ3n) is 3.68. The predicted octanol–water partition coefficient (Wildman–Crippen LogP) is 3.22. The van der Waals surface area contributed by atoms with Gasteiger partial charge in [-0.15, -0.1) is 0 Å². The Hall–Kier alpha value is -3.23. The Kier molecular flexibility index (Phi) is 7.25. The smallest absolute Gasteiger partial charge is 0.387 e. The molecule has 28 heavy (non-hydrogen) atoms. The van der Waals surface area contributed by atoms with E-state index in [0.29, 0.717) is 11.1 Å². The number of benzene rings is 2. The van der Waals surface area contributed by atoms with Crippen molar-refractivity contribution in [1.82, 2.24) is 5.32 Å². The fourth-order valence-electron chi connectivity index (χ4n) is 2.20. The van der Waals surface area contributed by atoms with Crippen molar-refractivity contribution in [3.8, 4) is 11.5 Å². The second-order valence-electron chi connectivity index (χ2n) is 5.68. The van der Waals surface area contributed by atoms with Gasteiger partial charge < -0.3 is 19.5 Å². The molecule has 0 radical (unpaired) electrons. The number of amides is 1. The molecule has 1 N–H and O–H groups in total. The number of ether oxygens (including phenoxy) is 3. The molecule has 2 aromatic rings. The minimum absolute atomic E-state index is 0.00753. The number of aryl methyl sites for hydroxylation is 1. The minimum atomic E-state index is -3.04. The second-order valence-corrected chi connectivity index (χ2v) is 5.68. The van der Waals surface area contributed by atoms with Gasteiger partial charge in [-0.25, -0.2) is 9.18 Å². The summed E-state index contributed by atoms with van der Waals surface area (Å²) in [5.41, 5.74) is 1.04. The van der Waals surface area contributed by atoms with Gasteiger partial charge in [0.1, 0.15) is 5.82 Å². The highest BCUT2D eigenvalue weighted by Gasteiger charge is 2.16. The van der Waals surface area contributed by atoms with Crippen LogP contribution in [0.25, 0.3) is 0 Å². The summed E-state index contributed by atoms with van der Waals surface area (Å²) in [6.45, 7) is -1.91. The molecule has 0 fully saturated rings. The molecule has 0 aliphatic carbocycles. The van der Waals surface area contributed by atoms with Crippen molar-refractivity contribution in [2.24, 2.45) is 0 Å². The zero-order valence-corrected chi connectivity index (χ0v) is 15.1. The van der Waals surface area contributed by atoms with Crippen molar-refractivity contribution in [2.45, 2.75) is 20.1 Å². The van der Waals surface area contributed by atoms with E-state index in [1.165, 1.54) is 19.2 Å². The Labute approximate surface area is 159 Å². The average molecular weight is 397 g/mol. The van der Waals surface area contributed by atoms with Crippen LogP contribution in [0, 0.1) is 12.7 Å². The van der Waals surface area contributed by atoms with Gasteiger partial charge in [-0.2, -0.15) is 8.78 Å². The summed E-state index contributed by atoms with van der Waals surface area (Å²) in [6.07, 6.45) is 0. The summed E-state index contributed by atoms with van der Waals surface area (Å²) >= 11 is 0. The summed E-state index contributed by atoms with van der Waals surface area (Å²) in [6, 6.07) is 8.05. The van der Waals surface area contributed by atoms with E-state index in [9.17, 15) is 22.8 Å². The molecule has 1 amide bonds. The molecule has 2 rings (SSSR count). The van der Waals surface area contributed by atoms with Gasteiger partial charge >= 0.3 is 12.6 Å². The molecule has 0 unspecified atom stereocenters. The molecule has 150 valence electrons. The highest BCUT2D eigenvalue weighted by molar-refractivity contribution is 5.92. The molecule has 0 saturated carbocycles. The Bertz CT molecular complexity index is 857. The van der Waals surface area contributed by atoms with Gasteiger partial charge in [0, 0.05) is 6.54 Å². The molecular weight excluding hydrogens is 379 g/mol. The van der Waals surface area contributed by atoms with Crippen LogP contribution in [-0.4, -0.2) is 32.2 Å². The van der Waals surface area contributed by atoms with Gasteiger partial charge in [0.2, 0.25) is 0 Å². The normalized spacial score (nSPS) is 10.5. The van der Waals surface area contributed by atoms with Crippen LogP contribution < -0.4 is 14.8 Å². The topological polar surface area (TPSA) is 73.9 Å². The monoisotopic (exact) mass is 397 g/mol. The van der Waals surface area contributed by atoms with Crippen LogP contribution in [0.5, 0.6) is 11.5 Å². The van der Waals surface area contributed by atoms with Crippen molar-refractivity contribution < 1.29 is 37.0 Å². The van der Waals surface area contributed by atoms with Crippen LogP contribution >= 0.6 is 0 Å². The summed E-state index contributed by atoms with van der Waals surface area (Å²) in [7, 11) is 1.23. The SMILES string of the molecule is COc1cc(C(=O)OCC(=O)NCc2ccc(C)c(F)c2)ccc1OC(F)F. The third kappa shape index (κ3) is 5.90. The number of hydrogen-bond donors (Lipinski definition) is 1. The van der Waals surface area contributed by atoms with Gasteiger partial charge in [0.15, 0.2) is 18.1 Å². The number of esters is 1. The Morgan fingerprint density at radius 3 is 2.50 bits per heavy atom. The van der Waals surface area contributed by atoms with E-state index < -0.39 is 25.1 Å². The van der Waals surface area contributed by atoms with E-state index in [1.807, 2.05) is 0 Å². The molecule has 0 aromatic heterocycles. The standard InChI is InChI=1S/C19H18F3NO5/c1-11-3-4-12(7-14(11)20)9-23-17(24)10-27-18(25)13-5-6-15(28-19(21)22)16(8-13)26-2/h3-8,19H,9-10H2,1-2H3,(H,23,24). The number of carbonyl (C=O) groups excluding carboxylic acids is 2. The lowest BCUT2D eigenvalue weighted by molar-refractivity contribution is -0.124. The Morgan fingerprint density at radius 2 is 1.86 bits per heavy atom. The van der Waals surface area contributed by atoms with Gasteiger partial charge in [-0.3, -0.25) is 4.79 Å². The zero-order valence-electron chi connectivity index (χ0n) is 15.1. The molecule has 0 atom stereocenters. The number of methoxy groups -OCH3 is 1. The molecule has 0 saturated heterocycles.